The van der Waals surface area contributed by atoms with E-state index in [0.29, 0.717) is 12.4 Å². The summed E-state index contributed by atoms with van der Waals surface area (Å²) in [7, 11) is 0. The van der Waals surface area contributed by atoms with Gasteiger partial charge in [0.2, 0.25) is 0 Å². The quantitative estimate of drug-likeness (QED) is 0.917. The molecule has 102 valence electrons. The highest BCUT2D eigenvalue weighted by molar-refractivity contribution is 9.10. The van der Waals surface area contributed by atoms with Crippen LogP contribution in [-0.2, 0) is 13.2 Å². The number of nitrogens with zero attached hydrogens (tertiary/aromatic N) is 2. The molecule has 1 aromatic carbocycles. The SMILES string of the molecule is CCn1cncc1COc1cc(Br)ccc1[C@@H](C)O. The Hall–Kier alpha value is -1.33. The lowest BCUT2D eigenvalue weighted by molar-refractivity contribution is 0.189. The van der Waals surface area contributed by atoms with Crippen molar-refractivity contribution in [3.63, 3.8) is 0 Å². The van der Waals surface area contributed by atoms with Crippen LogP contribution in [0.1, 0.15) is 31.2 Å². The van der Waals surface area contributed by atoms with Crippen LogP contribution in [0.2, 0.25) is 0 Å². The fourth-order valence-corrected chi connectivity index (χ4v) is 2.22. The molecule has 0 spiro atoms. The highest BCUT2D eigenvalue weighted by Gasteiger charge is 2.11. The van der Waals surface area contributed by atoms with Crippen LogP contribution >= 0.6 is 15.9 Å². The lowest BCUT2D eigenvalue weighted by Gasteiger charge is -2.14. The van der Waals surface area contributed by atoms with Gasteiger partial charge in [0.15, 0.2) is 0 Å². The van der Waals surface area contributed by atoms with Crippen molar-refractivity contribution < 1.29 is 9.84 Å². The molecule has 0 bridgehead atoms. The largest absolute Gasteiger partial charge is 0.487 e. The minimum atomic E-state index is -0.556. The second-order valence-corrected chi connectivity index (χ2v) is 5.23. The summed E-state index contributed by atoms with van der Waals surface area (Å²) >= 11 is 3.41. The number of rotatable bonds is 5. The minimum absolute atomic E-state index is 0.435. The number of aromatic nitrogens is 2. The Morgan fingerprint density at radius 3 is 2.95 bits per heavy atom. The van der Waals surface area contributed by atoms with E-state index in [4.69, 9.17) is 4.74 Å². The summed E-state index contributed by atoms with van der Waals surface area (Å²) in [5.41, 5.74) is 1.80. The van der Waals surface area contributed by atoms with E-state index in [-0.39, 0.29) is 0 Å². The van der Waals surface area contributed by atoms with Gasteiger partial charge in [-0.25, -0.2) is 4.98 Å². The van der Waals surface area contributed by atoms with Crippen molar-refractivity contribution in [2.24, 2.45) is 0 Å². The highest BCUT2D eigenvalue weighted by Crippen LogP contribution is 2.29. The van der Waals surface area contributed by atoms with Gasteiger partial charge in [-0.05, 0) is 26.0 Å². The molecule has 2 rings (SSSR count). The van der Waals surface area contributed by atoms with Gasteiger partial charge in [0.25, 0.3) is 0 Å². The summed E-state index contributed by atoms with van der Waals surface area (Å²) in [6, 6.07) is 5.63. The number of hydrogen-bond acceptors (Lipinski definition) is 3. The van der Waals surface area contributed by atoms with Gasteiger partial charge in [-0.1, -0.05) is 22.0 Å². The molecule has 0 radical (unpaired) electrons. The molecule has 0 saturated heterocycles. The molecule has 0 unspecified atom stereocenters. The molecule has 1 atom stereocenters. The lowest BCUT2D eigenvalue weighted by atomic mass is 10.1. The standard InChI is InChI=1S/C14H17BrN2O2/c1-3-17-9-16-7-12(17)8-19-14-6-11(15)4-5-13(14)10(2)18/h4-7,9-10,18H,3,8H2,1-2H3/t10-/m1/s1. The average Bonchev–Trinajstić information content (AvgIpc) is 2.83. The zero-order valence-corrected chi connectivity index (χ0v) is 12.6. The maximum atomic E-state index is 9.74. The highest BCUT2D eigenvalue weighted by atomic mass is 79.9. The Morgan fingerprint density at radius 1 is 1.47 bits per heavy atom. The maximum Gasteiger partial charge on any atom is 0.130 e. The van der Waals surface area contributed by atoms with E-state index in [1.54, 1.807) is 19.4 Å². The molecule has 2 aromatic rings. The number of benzene rings is 1. The molecule has 0 amide bonds. The first-order chi connectivity index (χ1) is 9.11. The molecule has 1 N–H and O–H groups in total. The van der Waals surface area contributed by atoms with Gasteiger partial charge in [-0.2, -0.15) is 0 Å². The van der Waals surface area contributed by atoms with Crippen molar-refractivity contribution in [3.8, 4) is 5.75 Å². The number of aryl methyl sites for hydroxylation is 1. The smallest absolute Gasteiger partial charge is 0.130 e. The number of hydrogen-bond donors (Lipinski definition) is 1. The van der Waals surface area contributed by atoms with Crippen LogP contribution in [0.15, 0.2) is 35.2 Å². The van der Waals surface area contributed by atoms with Gasteiger partial charge in [0, 0.05) is 16.6 Å². The Kier molecular flexibility index (Phi) is 4.61. The van der Waals surface area contributed by atoms with E-state index in [2.05, 4.69) is 27.8 Å². The van der Waals surface area contributed by atoms with E-state index in [1.165, 1.54) is 0 Å². The summed E-state index contributed by atoms with van der Waals surface area (Å²) in [6.07, 6.45) is 3.03. The molecule has 0 aliphatic carbocycles. The maximum absolute atomic E-state index is 9.74. The Balaban J connectivity index is 2.17. The summed E-state index contributed by atoms with van der Waals surface area (Å²) in [5, 5.41) is 9.74. The number of imidazole rings is 1. The topological polar surface area (TPSA) is 47.3 Å². The summed E-state index contributed by atoms with van der Waals surface area (Å²) < 4.78 is 8.77. The van der Waals surface area contributed by atoms with E-state index < -0.39 is 6.10 Å². The van der Waals surface area contributed by atoms with Crippen LogP contribution < -0.4 is 4.74 Å². The van der Waals surface area contributed by atoms with E-state index in [9.17, 15) is 5.11 Å². The molecule has 4 nitrogen and oxygen atoms in total. The summed E-state index contributed by atoms with van der Waals surface area (Å²) in [6.45, 7) is 5.09. The number of aliphatic hydroxyl groups is 1. The summed E-state index contributed by atoms with van der Waals surface area (Å²) in [5.74, 6) is 0.688. The van der Waals surface area contributed by atoms with E-state index >= 15 is 0 Å². The van der Waals surface area contributed by atoms with Crippen molar-refractivity contribution in [2.45, 2.75) is 33.1 Å². The lowest BCUT2D eigenvalue weighted by Crippen LogP contribution is -2.05. The first-order valence-electron chi connectivity index (χ1n) is 6.21. The van der Waals surface area contributed by atoms with Crippen molar-refractivity contribution in [1.82, 2.24) is 9.55 Å². The third-order valence-electron chi connectivity index (χ3n) is 2.94. The van der Waals surface area contributed by atoms with Gasteiger partial charge in [-0.3, -0.25) is 0 Å². The van der Waals surface area contributed by atoms with Crippen LogP contribution in [-0.4, -0.2) is 14.7 Å². The van der Waals surface area contributed by atoms with Crippen molar-refractivity contribution in [2.75, 3.05) is 0 Å². The van der Waals surface area contributed by atoms with Crippen LogP contribution in [0.3, 0.4) is 0 Å². The monoisotopic (exact) mass is 324 g/mol. The van der Waals surface area contributed by atoms with Crippen LogP contribution in [0.5, 0.6) is 5.75 Å². The van der Waals surface area contributed by atoms with Crippen molar-refractivity contribution >= 4 is 15.9 Å². The average molecular weight is 325 g/mol. The van der Waals surface area contributed by atoms with Gasteiger partial charge in [0.05, 0.1) is 24.3 Å². The van der Waals surface area contributed by atoms with Gasteiger partial charge < -0.3 is 14.4 Å². The van der Waals surface area contributed by atoms with Gasteiger partial charge in [-0.15, -0.1) is 0 Å². The number of ether oxygens (including phenoxy) is 1. The first kappa shape index (κ1) is 14.1. The molecule has 19 heavy (non-hydrogen) atoms. The van der Waals surface area contributed by atoms with Crippen LogP contribution in [0, 0.1) is 0 Å². The fraction of sp³-hybridized carbons (Fsp3) is 0.357. The van der Waals surface area contributed by atoms with Gasteiger partial charge >= 0.3 is 0 Å². The molecular formula is C14H17BrN2O2. The zero-order valence-electron chi connectivity index (χ0n) is 11.0. The van der Waals surface area contributed by atoms with Crippen LogP contribution in [0.25, 0.3) is 0 Å². The van der Waals surface area contributed by atoms with E-state index in [1.807, 2.05) is 22.8 Å². The number of halogens is 1. The Bertz CT molecular complexity index is 552. The molecule has 1 aromatic heterocycles. The van der Waals surface area contributed by atoms with Crippen molar-refractivity contribution in [3.05, 3.63) is 46.5 Å². The Labute approximate surface area is 121 Å². The molecule has 0 saturated carbocycles. The third-order valence-corrected chi connectivity index (χ3v) is 3.43. The van der Waals surface area contributed by atoms with Crippen molar-refractivity contribution in [1.29, 1.82) is 0 Å². The van der Waals surface area contributed by atoms with Crippen LogP contribution in [0.4, 0.5) is 0 Å². The number of aliphatic hydroxyl groups excluding tert-OH is 1. The second-order valence-electron chi connectivity index (χ2n) is 4.32. The van der Waals surface area contributed by atoms with Gasteiger partial charge in [0.1, 0.15) is 12.4 Å². The predicted octanol–water partition coefficient (Wildman–Crippen LogP) is 3.30. The first-order valence-corrected chi connectivity index (χ1v) is 7.00. The molecule has 5 heteroatoms. The predicted molar refractivity (Wildman–Crippen MR) is 77.0 cm³/mol. The van der Waals surface area contributed by atoms with E-state index in [0.717, 1.165) is 22.3 Å². The second kappa shape index (κ2) is 6.21. The Morgan fingerprint density at radius 2 is 2.26 bits per heavy atom. The molecule has 0 aliphatic rings. The fourth-order valence-electron chi connectivity index (χ4n) is 1.88. The minimum Gasteiger partial charge on any atom is -0.487 e. The molecule has 0 fully saturated rings. The molecule has 1 heterocycles. The molecular weight excluding hydrogens is 308 g/mol. The third kappa shape index (κ3) is 3.36. The summed E-state index contributed by atoms with van der Waals surface area (Å²) in [4.78, 5) is 4.10. The normalized spacial score (nSPS) is 12.4. The molecule has 0 aliphatic heterocycles. The zero-order chi connectivity index (χ0) is 13.8.